The van der Waals surface area contributed by atoms with Crippen LogP contribution in [0.15, 0.2) is 51.8 Å². The summed E-state index contributed by atoms with van der Waals surface area (Å²) in [5.74, 6) is 0. The summed E-state index contributed by atoms with van der Waals surface area (Å²) in [5.41, 5.74) is 2.71. The maximum Gasteiger partial charge on any atom is 0.261 e. The van der Waals surface area contributed by atoms with Crippen molar-refractivity contribution in [3.8, 4) is 0 Å². The fourth-order valence-corrected chi connectivity index (χ4v) is 3.43. The molecule has 0 fully saturated rings. The molecule has 0 aliphatic rings. The van der Waals surface area contributed by atoms with Crippen LogP contribution in [0, 0.1) is 6.92 Å². The Labute approximate surface area is 140 Å². The van der Waals surface area contributed by atoms with Crippen molar-refractivity contribution in [3.05, 3.63) is 58.1 Å². The lowest BCUT2D eigenvalue weighted by Crippen LogP contribution is -2.13. The van der Waals surface area contributed by atoms with Gasteiger partial charge in [-0.15, -0.1) is 0 Å². The van der Waals surface area contributed by atoms with Gasteiger partial charge in [-0.05, 0) is 61.2 Å². The second kappa shape index (κ2) is 7.29. The molecular weight excluding hydrogens is 362 g/mol. The molecule has 0 saturated heterocycles. The van der Waals surface area contributed by atoms with E-state index in [9.17, 15) is 8.42 Å². The Hall–Kier alpha value is -1.33. The number of hydrogen-bond acceptors (Lipinski definition) is 2. The average molecular weight is 382 g/mol. The van der Waals surface area contributed by atoms with E-state index in [4.69, 9.17) is 0 Å². The minimum absolute atomic E-state index is 0.285. The van der Waals surface area contributed by atoms with Gasteiger partial charge in [0.2, 0.25) is 0 Å². The van der Waals surface area contributed by atoms with Crippen molar-refractivity contribution in [3.63, 3.8) is 0 Å². The van der Waals surface area contributed by atoms with Gasteiger partial charge >= 0.3 is 0 Å². The van der Waals surface area contributed by atoms with Crippen LogP contribution in [0.1, 0.15) is 30.9 Å². The van der Waals surface area contributed by atoms with Gasteiger partial charge in [-0.25, -0.2) is 8.42 Å². The standard InChI is InChI=1S/C17H20BrNO2S/c1-3-4-5-14-6-9-16(10-7-14)22(20,21)19-15-8-11-17(18)13(2)12-15/h6-12,19H,3-5H2,1-2H3. The Morgan fingerprint density at radius 1 is 1.09 bits per heavy atom. The van der Waals surface area contributed by atoms with Crippen molar-refractivity contribution in [1.82, 2.24) is 0 Å². The van der Waals surface area contributed by atoms with Crippen molar-refractivity contribution >= 4 is 31.6 Å². The van der Waals surface area contributed by atoms with Crippen LogP contribution >= 0.6 is 15.9 Å². The number of benzene rings is 2. The van der Waals surface area contributed by atoms with Crippen molar-refractivity contribution in [2.24, 2.45) is 0 Å². The highest BCUT2D eigenvalue weighted by molar-refractivity contribution is 9.10. The van der Waals surface area contributed by atoms with Crippen LogP contribution in [-0.4, -0.2) is 8.42 Å². The smallest absolute Gasteiger partial charge is 0.261 e. The molecule has 0 atom stereocenters. The van der Waals surface area contributed by atoms with E-state index < -0.39 is 10.0 Å². The van der Waals surface area contributed by atoms with Gasteiger partial charge in [-0.1, -0.05) is 41.4 Å². The largest absolute Gasteiger partial charge is 0.280 e. The molecule has 118 valence electrons. The summed E-state index contributed by atoms with van der Waals surface area (Å²) in [4.78, 5) is 0.285. The molecule has 0 spiro atoms. The van der Waals surface area contributed by atoms with Crippen LogP contribution in [0.25, 0.3) is 0 Å². The summed E-state index contributed by atoms with van der Waals surface area (Å²) < 4.78 is 28.4. The van der Waals surface area contributed by atoms with Crippen LogP contribution in [0.3, 0.4) is 0 Å². The number of nitrogens with one attached hydrogen (secondary N) is 1. The molecule has 0 heterocycles. The summed E-state index contributed by atoms with van der Waals surface area (Å²) in [7, 11) is -3.55. The molecule has 2 aromatic carbocycles. The Bertz CT molecular complexity index is 740. The zero-order valence-electron chi connectivity index (χ0n) is 12.8. The van der Waals surface area contributed by atoms with Gasteiger partial charge in [-0.2, -0.15) is 0 Å². The first-order valence-corrected chi connectivity index (χ1v) is 9.58. The summed E-state index contributed by atoms with van der Waals surface area (Å²) in [5, 5.41) is 0. The number of unbranched alkanes of at least 4 members (excludes halogenated alkanes) is 1. The van der Waals surface area contributed by atoms with Crippen LogP contribution in [-0.2, 0) is 16.4 Å². The number of aryl methyl sites for hydroxylation is 2. The zero-order chi connectivity index (χ0) is 16.2. The Morgan fingerprint density at radius 3 is 2.36 bits per heavy atom. The van der Waals surface area contributed by atoms with Gasteiger partial charge in [0.15, 0.2) is 0 Å². The van der Waals surface area contributed by atoms with Crippen molar-refractivity contribution in [2.75, 3.05) is 4.72 Å². The van der Waals surface area contributed by atoms with Crippen LogP contribution in [0.4, 0.5) is 5.69 Å². The Kier molecular flexibility index (Phi) is 5.64. The normalized spacial score (nSPS) is 11.4. The van der Waals surface area contributed by atoms with E-state index in [2.05, 4.69) is 27.6 Å². The summed E-state index contributed by atoms with van der Waals surface area (Å²) in [6.07, 6.45) is 3.23. The van der Waals surface area contributed by atoms with E-state index in [1.54, 1.807) is 24.3 Å². The molecule has 22 heavy (non-hydrogen) atoms. The first-order chi connectivity index (χ1) is 10.4. The summed E-state index contributed by atoms with van der Waals surface area (Å²) >= 11 is 3.41. The third kappa shape index (κ3) is 4.34. The molecule has 1 N–H and O–H groups in total. The lowest BCUT2D eigenvalue weighted by Gasteiger charge is -2.10. The fraction of sp³-hybridized carbons (Fsp3) is 0.294. The molecule has 0 bridgehead atoms. The molecule has 5 heteroatoms. The number of rotatable bonds is 6. The molecule has 0 aromatic heterocycles. The summed E-state index contributed by atoms with van der Waals surface area (Å²) in [6, 6.07) is 12.5. The van der Waals surface area contributed by atoms with Crippen molar-refractivity contribution in [1.29, 1.82) is 0 Å². The van der Waals surface area contributed by atoms with E-state index in [-0.39, 0.29) is 4.90 Å². The monoisotopic (exact) mass is 381 g/mol. The van der Waals surface area contributed by atoms with Crippen LogP contribution < -0.4 is 4.72 Å². The minimum Gasteiger partial charge on any atom is -0.280 e. The highest BCUT2D eigenvalue weighted by Crippen LogP contribution is 2.22. The van der Waals surface area contributed by atoms with Gasteiger partial charge in [0.05, 0.1) is 4.90 Å². The van der Waals surface area contributed by atoms with Gasteiger partial charge in [0.25, 0.3) is 10.0 Å². The quantitative estimate of drug-likeness (QED) is 0.772. The third-order valence-electron chi connectivity index (χ3n) is 3.46. The zero-order valence-corrected chi connectivity index (χ0v) is 15.2. The van der Waals surface area contributed by atoms with E-state index in [0.717, 1.165) is 29.3 Å². The molecule has 0 aliphatic carbocycles. The van der Waals surface area contributed by atoms with E-state index in [1.807, 2.05) is 25.1 Å². The lowest BCUT2D eigenvalue weighted by atomic mass is 10.1. The third-order valence-corrected chi connectivity index (χ3v) is 5.75. The van der Waals surface area contributed by atoms with Gasteiger partial charge in [0, 0.05) is 10.2 Å². The second-order valence-electron chi connectivity index (χ2n) is 5.32. The molecule has 3 nitrogen and oxygen atoms in total. The van der Waals surface area contributed by atoms with Gasteiger partial charge in [0.1, 0.15) is 0 Å². The molecule has 2 aromatic rings. The molecule has 0 unspecified atom stereocenters. The Morgan fingerprint density at radius 2 is 1.77 bits per heavy atom. The topological polar surface area (TPSA) is 46.2 Å². The highest BCUT2D eigenvalue weighted by Gasteiger charge is 2.14. The molecule has 0 amide bonds. The molecule has 0 radical (unpaired) electrons. The molecule has 2 rings (SSSR count). The second-order valence-corrected chi connectivity index (χ2v) is 7.85. The van der Waals surface area contributed by atoms with Gasteiger partial charge < -0.3 is 0 Å². The minimum atomic E-state index is -3.55. The molecule has 0 aliphatic heterocycles. The predicted octanol–water partition coefficient (Wildman–Crippen LogP) is 4.90. The van der Waals surface area contributed by atoms with Crippen LogP contribution in [0.2, 0.25) is 0 Å². The first kappa shape index (κ1) is 17.0. The molecule has 0 saturated carbocycles. The SMILES string of the molecule is CCCCc1ccc(S(=O)(=O)Nc2ccc(Br)c(C)c2)cc1. The fourth-order valence-electron chi connectivity index (χ4n) is 2.14. The maximum absolute atomic E-state index is 12.4. The summed E-state index contributed by atoms with van der Waals surface area (Å²) in [6.45, 7) is 4.06. The van der Waals surface area contributed by atoms with Gasteiger partial charge in [-0.3, -0.25) is 4.72 Å². The number of hydrogen-bond donors (Lipinski definition) is 1. The van der Waals surface area contributed by atoms with Crippen molar-refractivity contribution in [2.45, 2.75) is 38.0 Å². The lowest BCUT2D eigenvalue weighted by molar-refractivity contribution is 0.601. The first-order valence-electron chi connectivity index (χ1n) is 7.30. The Balaban J connectivity index is 2.17. The highest BCUT2D eigenvalue weighted by atomic mass is 79.9. The van der Waals surface area contributed by atoms with E-state index in [0.29, 0.717) is 5.69 Å². The van der Waals surface area contributed by atoms with E-state index >= 15 is 0 Å². The van der Waals surface area contributed by atoms with Crippen LogP contribution in [0.5, 0.6) is 0 Å². The number of halogens is 1. The molecular formula is C17H20BrNO2S. The average Bonchev–Trinajstić information content (AvgIpc) is 2.49. The number of anilines is 1. The van der Waals surface area contributed by atoms with E-state index in [1.165, 1.54) is 5.56 Å². The predicted molar refractivity (Wildman–Crippen MR) is 94.7 cm³/mol. The number of sulfonamides is 1. The van der Waals surface area contributed by atoms with Crippen molar-refractivity contribution < 1.29 is 8.42 Å². The maximum atomic E-state index is 12.4.